The molecular formula is C21H31N3O4S. The summed E-state index contributed by atoms with van der Waals surface area (Å²) in [5, 5.41) is 2.68. The normalized spacial score (nSPS) is 29.8. The van der Waals surface area contributed by atoms with Crippen LogP contribution in [0.5, 0.6) is 0 Å². The molecule has 8 heteroatoms. The highest BCUT2D eigenvalue weighted by atomic mass is 32.2. The van der Waals surface area contributed by atoms with Gasteiger partial charge in [-0.15, -0.1) is 0 Å². The van der Waals surface area contributed by atoms with Gasteiger partial charge in [0, 0.05) is 50.7 Å². The zero-order valence-electron chi connectivity index (χ0n) is 17.5. The van der Waals surface area contributed by atoms with E-state index in [9.17, 15) is 13.2 Å². The number of fused-ring (bicyclic) bond motifs is 1. The average molecular weight is 422 g/mol. The second-order valence-electron chi connectivity index (χ2n) is 9.47. The number of rotatable bonds is 5. The predicted octanol–water partition coefficient (Wildman–Crippen LogP) is 2.01. The van der Waals surface area contributed by atoms with Crippen LogP contribution in [0.15, 0.2) is 29.2 Å². The Bertz CT molecular complexity index is 878. The number of hydrogen-bond donors (Lipinski definition) is 1. The Morgan fingerprint density at radius 3 is 2.45 bits per heavy atom. The van der Waals surface area contributed by atoms with E-state index >= 15 is 0 Å². The molecule has 3 aliphatic rings. The molecular weight excluding hydrogens is 390 g/mol. The summed E-state index contributed by atoms with van der Waals surface area (Å²) in [6.07, 6.45) is 1.05. The molecule has 1 N–H and O–H groups in total. The molecule has 0 spiro atoms. The van der Waals surface area contributed by atoms with Crippen molar-refractivity contribution in [1.29, 1.82) is 0 Å². The van der Waals surface area contributed by atoms with E-state index in [4.69, 9.17) is 4.74 Å². The van der Waals surface area contributed by atoms with Crippen LogP contribution < -0.4 is 5.32 Å². The van der Waals surface area contributed by atoms with Gasteiger partial charge in [-0.25, -0.2) is 8.42 Å². The molecule has 1 aliphatic carbocycles. The summed E-state index contributed by atoms with van der Waals surface area (Å²) in [5.74, 6) is 0.190. The molecule has 7 nitrogen and oxygen atoms in total. The van der Waals surface area contributed by atoms with Gasteiger partial charge in [0.15, 0.2) is 0 Å². The highest BCUT2D eigenvalue weighted by Crippen LogP contribution is 2.63. The molecule has 0 aromatic heterocycles. The third-order valence-electron chi connectivity index (χ3n) is 6.82. The van der Waals surface area contributed by atoms with Gasteiger partial charge in [0.1, 0.15) is 0 Å². The molecule has 29 heavy (non-hydrogen) atoms. The molecule has 0 unspecified atom stereocenters. The lowest BCUT2D eigenvalue weighted by Gasteiger charge is -2.58. The van der Waals surface area contributed by atoms with E-state index in [0.717, 1.165) is 39.3 Å². The molecule has 1 aromatic rings. The van der Waals surface area contributed by atoms with Gasteiger partial charge in [-0.2, -0.15) is 4.31 Å². The van der Waals surface area contributed by atoms with E-state index in [1.807, 2.05) is 0 Å². The fourth-order valence-corrected chi connectivity index (χ4v) is 7.29. The molecule has 0 bridgehead atoms. The third-order valence-corrected chi connectivity index (χ3v) is 8.65. The van der Waals surface area contributed by atoms with E-state index in [1.165, 1.54) is 6.92 Å². The Kier molecular flexibility index (Phi) is 5.26. The van der Waals surface area contributed by atoms with Gasteiger partial charge in [-0.3, -0.25) is 9.69 Å². The summed E-state index contributed by atoms with van der Waals surface area (Å²) >= 11 is 0. The van der Waals surface area contributed by atoms with Crippen molar-refractivity contribution in [1.82, 2.24) is 9.21 Å². The Balaban J connectivity index is 1.53. The van der Waals surface area contributed by atoms with Crippen LogP contribution in [0, 0.1) is 16.7 Å². The first-order valence-electron chi connectivity index (χ1n) is 10.3. The Hall–Kier alpha value is -1.48. The number of ether oxygens (including phenoxy) is 1. The maximum Gasteiger partial charge on any atom is 0.243 e. The second-order valence-corrected chi connectivity index (χ2v) is 11.4. The zero-order valence-corrected chi connectivity index (χ0v) is 18.3. The maximum absolute atomic E-state index is 13.3. The van der Waals surface area contributed by atoms with Crippen LogP contribution in [0.25, 0.3) is 0 Å². The molecule has 2 atom stereocenters. The van der Waals surface area contributed by atoms with Crippen LogP contribution in [0.2, 0.25) is 0 Å². The summed E-state index contributed by atoms with van der Waals surface area (Å²) in [5.41, 5.74) is 0.790. The van der Waals surface area contributed by atoms with Gasteiger partial charge in [-0.05, 0) is 42.0 Å². The van der Waals surface area contributed by atoms with Crippen LogP contribution in [0.3, 0.4) is 0 Å². The van der Waals surface area contributed by atoms with E-state index in [1.54, 1.807) is 28.6 Å². The fourth-order valence-electron chi connectivity index (χ4n) is 5.74. The van der Waals surface area contributed by atoms with Crippen molar-refractivity contribution in [2.45, 2.75) is 32.1 Å². The molecule has 2 saturated heterocycles. The van der Waals surface area contributed by atoms with Gasteiger partial charge in [0.25, 0.3) is 0 Å². The van der Waals surface area contributed by atoms with Gasteiger partial charge in [0.2, 0.25) is 15.9 Å². The minimum absolute atomic E-state index is 0.0318. The minimum Gasteiger partial charge on any atom is -0.379 e. The molecule has 2 aliphatic heterocycles. The van der Waals surface area contributed by atoms with E-state index in [2.05, 4.69) is 24.1 Å². The van der Waals surface area contributed by atoms with Gasteiger partial charge in [-0.1, -0.05) is 13.8 Å². The lowest BCUT2D eigenvalue weighted by molar-refractivity contribution is -0.114. The standard InChI is InChI=1S/C21H31N3O4S/c1-16(25)22-17-4-6-18(7-5-17)29(26,27)24-12-19-20(2,3)13-21(19,15-24)14-23-8-10-28-11-9-23/h4-7,19H,8-15H2,1-3H3,(H,22,25)/t19-,21+/m1/s1. The van der Waals surface area contributed by atoms with Crippen molar-refractivity contribution in [3.05, 3.63) is 24.3 Å². The monoisotopic (exact) mass is 421 g/mol. The predicted molar refractivity (Wildman–Crippen MR) is 111 cm³/mol. The van der Waals surface area contributed by atoms with Crippen molar-refractivity contribution in [3.8, 4) is 0 Å². The number of carbonyl (C=O) groups is 1. The third kappa shape index (κ3) is 3.83. The first-order valence-corrected chi connectivity index (χ1v) is 11.7. The number of anilines is 1. The van der Waals surface area contributed by atoms with Crippen molar-refractivity contribution in [2.75, 3.05) is 51.3 Å². The maximum atomic E-state index is 13.3. The number of benzene rings is 1. The number of morpholine rings is 1. The van der Waals surface area contributed by atoms with Crippen LogP contribution in [0.4, 0.5) is 5.69 Å². The van der Waals surface area contributed by atoms with E-state index < -0.39 is 10.0 Å². The zero-order chi connectivity index (χ0) is 20.9. The minimum atomic E-state index is -3.56. The van der Waals surface area contributed by atoms with Crippen molar-refractivity contribution in [3.63, 3.8) is 0 Å². The summed E-state index contributed by atoms with van der Waals surface area (Å²) in [6, 6.07) is 6.46. The number of sulfonamides is 1. The summed E-state index contributed by atoms with van der Waals surface area (Å²) < 4.78 is 33.8. The lowest BCUT2D eigenvalue weighted by Crippen LogP contribution is -2.59. The molecule has 2 heterocycles. The first kappa shape index (κ1) is 20.8. The SMILES string of the molecule is CC(=O)Nc1ccc(S(=O)(=O)N2C[C@@H]3C(C)(C)C[C@]3(CN3CCOCC3)C2)cc1. The number of nitrogens with one attached hydrogen (secondary N) is 1. The van der Waals surface area contributed by atoms with Crippen LogP contribution in [0.1, 0.15) is 27.2 Å². The largest absolute Gasteiger partial charge is 0.379 e. The summed E-state index contributed by atoms with van der Waals surface area (Å²) in [6.45, 7) is 11.4. The molecule has 160 valence electrons. The quantitative estimate of drug-likeness (QED) is 0.787. The summed E-state index contributed by atoms with van der Waals surface area (Å²) in [7, 11) is -3.56. The van der Waals surface area contributed by atoms with Gasteiger partial charge >= 0.3 is 0 Å². The second kappa shape index (κ2) is 7.34. The van der Waals surface area contributed by atoms with Crippen molar-refractivity contribution in [2.24, 2.45) is 16.7 Å². The smallest absolute Gasteiger partial charge is 0.243 e. The van der Waals surface area contributed by atoms with Crippen LogP contribution in [-0.4, -0.2) is 69.5 Å². The average Bonchev–Trinajstić information content (AvgIpc) is 2.98. The van der Waals surface area contributed by atoms with Crippen molar-refractivity contribution < 1.29 is 17.9 Å². The Labute approximate surface area is 173 Å². The first-order chi connectivity index (χ1) is 13.6. The number of nitrogens with zero attached hydrogens (tertiary/aromatic N) is 2. The topological polar surface area (TPSA) is 79.0 Å². The van der Waals surface area contributed by atoms with Crippen LogP contribution >= 0.6 is 0 Å². The molecule has 1 amide bonds. The Morgan fingerprint density at radius 1 is 1.21 bits per heavy atom. The number of hydrogen-bond acceptors (Lipinski definition) is 5. The molecule has 1 saturated carbocycles. The highest BCUT2D eigenvalue weighted by molar-refractivity contribution is 7.89. The Morgan fingerprint density at radius 2 is 1.86 bits per heavy atom. The molecule has 1 aromatic carbocycles. The van der Waals surface area contributed by atoms with Gasteiger partial charge in [0.05, 0.1) is 18.1 Å². The molecule has 3 fully saturated rings. The fraction of sp³-hybridized carbons (Fsp3) is 0.667. The summed E-state index contributed by atoms with van der Waals surface area (Å²) in [4.78, 5) is 13.9. The number of carbonyl (C=O) groups excluding carboxylic acids is 1. The van der Waals surface area contributed by atoms with Gasteiger partial charge < -0.3 is 10.1 Å². The van der Waals surface area contributed by atoms with E-state index in [-0.39, 0.29) is 21.6 Å². The lowest BCUT2D eigenvalue weighted by atomic mass is 9.48. The van der Waals surface area contributed by atoms with Crippen molar-refractivity contribution >= 4 is 21.6 Å². The number of amides is 1. The van der Waals surface area contributed by atoms with E-state index in [0.29, 0.717) is 24.7 Å². The molecule has 4 rings (SSSR count). The highest BCUT2D eigenvalue weighted by Gasteiger charge is 2.64. The van der Waals surface area contributed by atoms with Crippen LogP contribution in [-0.2, 0) is 19.6 Å². The molecule has 0 radical (unpaired) electrons.